The third-order valence-electron chi connectivity index (χ3n) is 3.56. The van der Waals surface area contributed by atoms with Crippen molar-refractivity contribution in [3.05, 3.63) is 28.8 Å². The summed E-state index contributed by atoms with van der Waals surface area (Å²) in [5.41, 5.74) is 2.41. The average molecular weight is 297 g/mol. The second kappa shape index (κ2) is 9.25. The standard InChI is InChI=1S/C17H29ClN2/c1-5-7-8-11-20(14(3)4)16-10-9-15(13-19-6-2)17(18)12-16/h9-10,12,14,19H,5-8,11,13H2,1-4H3. The van der Waals surface area contributed by atoms with Gasteiger partial charge in [-0.05, 0) is 44.5 Å². The van der Waals surface area contributed by atoms with E-state index in [1.807, 2.05) is 0 Å². The topological polar surface area (TPSA) is 15.3 Å². The van der Waals surface area contributed by atoms with Crippen molar-refractivity contribution >= 4 is 17.3 Å². The summed E-state index contributed by atoms with van der Waals surface area (Å²) in [6.45, 7) is 11.7. The minimum atomic E-state index is 0.502. The van der Waals surface area contributed by atoms with Gasteiger partial charge in [0.1, 0.15) is 0 Å². The van der Waals surface area contributed by atoms with Crippen LogP contribution in [0.25, 0.3) is 0 Å². The molecule has 0 unspecified atom stereocenters. The third-order valence-corrected chi connectivity index (χ3v) is 3.91. The Labute approximate surface area is 129 Å². The summed E-state index contributed by atoms with van der Waals surface area (Å²) in [5, 5.41) is 4.19. The Morgan fingerprint density at radius 3 is 2.50 bits per heavy atom. The van der Waals surface area contributed by atoms with Crippen LogP contribution in [0.3, 0.4) is 0 Å². The summed E-state index contributed by atoms with van der Waals surface area (Å²) < 4.78 is 0. The lowest BCUT2D eigenvalue weighted by Crippen LogP contribution is -2.31. The predicted molar refractivity (Wildman–Crippen MR) is 90.8 cm³/mol. The second-order valence-corrected chi connectivity index (χ2v) is 5.96. The Hall–Kier alpha value is -0.730. The number of unbranched alkanes of at least 4 members (excludes halogenated alkanes) is 2. The largest absolute Gasteiger partial charge is 0.369 e. The smallest absolute Gasteiger partial charge is 0.0471 e. The molecule has 1 aromatic carbocycles. The number of anilines is 1. The lowest BCUT2D eigenvalue weighted by atomic mass is 10.1. The van der Waals surface area contributed by atoms with Crippen LogP contribution in [0.15, 0.2) is 18.2 Å². The first-order chi connectivity index (χ1) is 9.60. The van der Waals surface area contributed by atoms with Crippen LogP contribution in [0.2, 0.25) is 5.02 Å². The number of halogens is 1. The molecule has 0 aliphatic rings. The van der Waals surface area contributed by atoms with Gasteiger partial charge in [0.2, 0.25) is 0 Å². The Morgan fingerprint density at radius 2 is 1.95 bits per heavy atom. The van der Waals surface area contributed by atoms with Crippen LogP contribution < -0.4 is 10.2 Å². The molecule has 1 N–H and O–H groups in total. The molecule has 0 spiro atoms. The maximum Gasteiger partial charge on any atom is 0.0471 e. The molecule has 0 heterocycles. The molecule has 0 aliphatic carbocycles. The maximum absolute atomic E-state index is 6.41. The predicted octanol–water partition coefficient (Wildman–Crippen LogP) is 4.85. The molecule has 0 fully saturated rings. The van der Waals surface area contributed by atoms with Crippen molar-refractivity contribution in [2.45, 2.75) is 59.5 Å². The van der Waals surface area contributed by atoms with Crippen LogP contribution in [0.4, 0.5) is 5.69 Å². The van der Waals surface area contributed by atoms with Crippen molar-refractivity contribution in [2.75, 3.05) is 18.0 Å². The molecule has 3 heteroatoms. The molecule has 0 bridgehead atoms. The molecule has 20 heavy (non-hydrogen) atoms. The SMILES string of the molecule is CCCCCN(c1ccc(CNCC)c(Cl)c1)C(C)C. The number of nitrogens with zero attached hydrogens (tertiary/aromatic N) is 1. The van der Waals surface area contributed by atoms with Gasteiger partial charge in [-0.15, -0.1) is 0 Å². The zero-order chi connectivity index (χ0) is 15.0. The first-order valence-electron chi connectivity index (χ1n) is 7.85. The molecule has 0 atom stereocenters. The van der Waals surface area contributed by atoms with Gasteiger partial charge in [0.25, 0.3) is 0 Å². The summed E-state index contributed by atoms with van der Waals surface area (Å²) in [4.78, 5) is 2.44. The number of benzene rings is 1. The number of hydrogen-bond acceptors (Lipinski definition) is 2. The highest BCUT2D eigenvalue weighted by Gasteiger charge is 2.11. The molecule has 0 aliphatic heterocycles. The van der Waals surface area contributed by atoms with E-state index in [-0.39, 0.29) is 0 Å². The van der Waals surface area contributed by atoms with Crippen LogP contribution in [0.1, 0.15) is 52.5 Å². The van der Waals surface area contributed by atoms with Gasteiger partial charge in [0.15, 0.2) is 0 Å². The van der Waals surface area contributed by atoms with Crippen molar-refractivity contribution < 1.29 is 0 Å². The molecule has 2 nitrogen and oxygen atoms in total. The Morgan fingerprint density at radius 1 is 1.20 bits per heavy atom. The van der Waals surface area contributed by atoms with Gasteiger partial charge >= 0.3 is 0 Å². The van der Waals surface area contributed by atoms with Crippen LogP contribution in [0.5, 0.6) is 0 Å². The summed E-state index contributed by atoms with van der Waals surface area (Å²) >= 11 is 6.41. The molecule has 0 amide bonds. The van der Waals surface area contributed by atoms with Crippen molar-refractivity contribution in [3.63, 3.8) is 0 Å². The fourth-order valence-corrected chi connectivity index (χ4v) is 2.58. The second-order valence-electron chi connectivity index (χ2n) is 5.55. The molecule has 0 saturated heterocycles. The Bertz CT molecular complexity index is 391. The molecular weight excluding hydrogens is 268 g/mol. The maximum atomic E-state index is 6.41. The zero-order valence-electron chi connectivity index (χ0n) is 13.4. The summed E-state index contributed by atoms with van der Waals surface area (Å²) in [6, 6.07) is 6.96. The van der Waals surface area contributed by atoms with E-state index >= 15 is 0 Å². The van der Waals surface area contributed by atoms with E-state index in [1.54, 1.807) is 0 Å². The van der Waals surface area contributed by atoms with Crippen LogP contribution >= 0.6 is 11.6 Å². The van der Waals surface area contributed by atoms with Crippen LogP contribution in [-0.2, 0) is 6.54 Å². The number of nitrogens with one attached hydrogen (secondary N) is 1. The van der Waals surface area contributed by atoms with Crippen molar-refractivity contribution in [3.8, 4) is 0 Å². The zero-order valence-corrected chi connectivity index (χ0v) is 14.1. The molecule has 114 valence electrons. The molecule has 0 radical (unpaired) electrons. The molecular formula is C17H29ClN2. The van der Waals surface area contributed by atoms with Crippen molar-refractivity contribution in [1.29, 1.82) is 0 Å². The van der Waals surface area contributed by atoms with Gasteiger partial charge in [-0.1, -0.05) is 44.4 Å². The molecule has 1 rings (SSSR count). The number of hydrogen-bond donors (Lipinski definition) is 1. The highest BCUT2D eigenvalue weighted by atomic mass is 35.5. The normalized spacial score (nSPS) is 11.1. The van der Waals surface area contributed by atoms with E-state index in [2.05, 4.69) is 56.1 Å². The fraction of sp³-hybridized carbons (Fsp3) is 0.647. The van der Waals surface area contributed by atoms with Gasteiger partial charge in [-0.25, -0.2) is 0 Å². The van der Waals surface area contributed by atoms with Gasteiger partial charge in [-0.3, -0.25) is 0 Å². The summed E-state index contributed by atoms with van der Waals surface area (Å²) in [7, 11) is 0. The lowest BCUT2D eigenvalue weighted by Gasteiger charge is -2.29. The summed E-state index contributed by atoms with van der Waals surface area (Å²) in [6.07, 6.45) is 3.79. The van der Waals surface area contributed by atoms with E-state index in [4.69, 9.17) is 11.6 Å². The van der Waals surface area contributed by atoms with E-state index in [1.165, 1.54) is 30.5 Å². The number of rotatable bonds is 9. The highest BCUT2D eigenvalue weighted by molar-refractivity contribution is 6.31. The van der Waals surface area contributed by atoms with Gasteiger partial charge in [-0.2, -0.15) is 0 Å². The van der Waals surface area contributed by atoms with Crippen LogP contribution in [-0.4, -0.2) is 19.1 Å². The first-order valence-corrected chi connectivity index (χ1v) is 8.23. The van der Waals surface area contributed by atoms with E-state index in [9.17, 15) is 0 Å². The minimum Gasteiger partial charge on any atom is -0.369 e. The summed E-state index contributed by atoms with van der Waals surface area (Å²) in [5.74, 6) is 0. The lowest BCUT2D eigenvalue weighted by molar-refractivity contribution is 0.626. The molecule has 0 saturated carbocycles. The van der Waals surface area contributed by atoms with E-state index in [0.29, 0.717) is 6.04 Å². The first kappa shape index (κ1) is 17.3. The molecule has 1 aromatic rings. The monoisotopic (exact) mass is 296 g/mol. The van der Waals surface area contributed by atoms with Crippen LogP contribution in [0, 0.1) is 0 Å². The Kier molecular flexibility index (Phi) is 8.01. The van der Waals surface area contributed by atoms with Gasteiger partial charge < -0.3 is 10.2 Å². The molecule has 0 aromatic heterocycles. The third kappa shape index (κ3) is 5.34. The highest BCUT2D eigenvalue weighted by Crippen LogP contribution is 2.25. The minimum absolute atomic E-state index is 0.502. The average Bonchev–Trinajstić information content (AvgIpc) is 2.42. The quantitative estimate of drug-likeness (QED) is 0.655. The van der Waals surface area contributed by atoms with Crippen molar-refractivity contribution in [1.82, 2.24) is 5.32 Å². The van der Waals surface area contributed by atoms with E-state index < -0.39 is 0 Å². The van der Waals surface area contributed by atoms with E-state index in [0.717, 1.165) is 24.7 Å². The fourth-order valence-electron chi connectivity index (χ4n) is 2.34. The van der Waals surface area contributed by atoms with Gasteiger partial charge in [0.05, 0.1) is 0 Å². The Balaban J connectivity index is 2.78. The van der Waals surface area contributed by atoms with Gasteiger partial charge in [0, 0.05) is 29.8 Å². The van der Waals surface area contributed by atoms with Crippen molar-refractivity contribution in [2.24, 2.45) is 0 Å².